The van der Waals surface area contributed by atoms with Crippen molar-refractivity contribution in [1.29, 1.82) is 0 Å². The third kappa shape index (κ3) is 4.37. The molecule has 2 aromatic rings. The highest BCUT2D eigenvalue weighted by Crippen LogP contribution is 2.24. The highest BCUT2D eigenvalue weighted by Gasteiger charge is 2.17. The Morgan fingerprint density at radius 1 is 1.52 bits per heavy atom. The van der Waals surface area contributed by atoms with E-state index in [-0.39, 0.29) is 18.1 Å². The van der Waals surface area contributed by atoms with Gasteiger partial charge in [-0.25, -0.2) is 4.98 Å². The standard InChI is InChI=1S/C14H20N4O2S/c1-5-14(2,3)20-8-12(19)17-13-16-11(9-21-13)10-6-15-18(4)7-10/h6-7,9H,5,8H2,1-4H3,(H,16,17,19). The summed E-state index contributed by atoms with van der Waals surface area (Å²) in [4.78, 5) is 16.2. The Kier molecular flexibility index (Phi) is 4.74. The van der Waals surface area contributed by atoms with Crippen LogP contribution in [-0.2, 0) is 16.6 Å². The van der Waals surface area contributed by atoms with Gasteiger partial charge in [-0.05, 0) is 20.3 Å². The number of aryl methyl sites for hydroxylation is 1. The van der Waals surface area contributed by atoms with Crippen LogP contribution in [0.25, 0.3) is 11.3 Å². The van der Waals surface area contributed by atoms with E-state index >= 15 is 0 Å². The van der Waals surface area contributed by atoms with Crippen LogP contribution in [0.15, 0.2) is 17.8 Å². The van der Waals surface area contributed by atoms with Gasteiger partial charge in [0.1, 0.15) is 6.61 Å². The largest absolute Gasteiger partial charge is 0.366 e. The van der Waals surface area contributed by atoms with Gasteiger partial charge in [0, 0.05) is 24.2 Å². The van der Waals surface area contributed by atoms with Gasteiger partial charge in [0.15, 0.2) is 5.13 Å². The minimum absolute atomic E-state index is 0.0304. The fourth-order valence-corrected chi connectivity index (χ4v) is 2.27. The summed E-state index contributed by atoms with van der Waals surface area (Å²) in [5.74, 6) is -0.191. The number of rotatable bonds is 6. The van der Waals surface area contributed by atoms with Crippen molar-refractivity contribution in [3.8, 4) is 11.3 Å². The van der Waals surface area contributed by atoms with E-state index in [1.165, 1.54) is 11.3 Å². The van der Waals surface area contributed by atoms with Gasteiger partial charge < -0.3 is 4.74 Å². The molecule has 0 aromatic carbocycles. The van der Waals surface area contributed by atoms with Crippen molar-refractivity contribution < 1.29 is 9.53 Å². The zero-order valence-electron chi connectivity index (χ0n) is 12.7. The Morgan fingerprint density at radius 2 is 2.29 bits per heavy atom. The van der Waals surface area contributed by atoms with Crippen LogP contribution in [0.2, 0.25) is 0 Å². The van der Waals surface area contributed by atoms with Gasteiger partial charge in [-0.15, -0.1) is 11.3 Å². The van der Waals surface area contributed by atoms with Crippen molar-refractivity contribution in [3.63, 3.8) is 0 Å². The minimum atomic E-state index is -0.291. The number of ether oxygens (including phenoxy) is 1. The average molecular weight is 308 g/mol. The fourth-order valence-electron chi connectivity index (χ4n) is 1.54. The van der Waals surface area contributed by atoms with E-state index in [1.807, 2.05) is 39.4 Å². The van der Waals surface area contributed by atoms with E-state index in [4.69, 9.17) is 4.74 Å². The van der Waals surface area contributed by atoms with Crippen LogP contribution >= 0.6 is 11.3 Å². The van der Waals surface area contributed by atoms with Crippen LogP contribution in [0.3, 0.4) is 0 Å². The Bertz CT molecular complexity index is 618. The molecule has 0 aliphatic heterocycles. The molecule has 1 amide bonds. The molecule has 0 unspecified atom stereocenters. The van der Waals surface area contributed by atoms with E-state index in [0.717, 1.165) is 17.7 Å². The Hall–Kier alpha value is -1.73. The number of carbonyl (C=O) groups excluding carboxylic acids is 1. The predicted molar refractivity (Wildman–Crippen MR) is 83.3 cm³/mol. The first-order chi connectivity index (χ1) is 9.89. The molecule has 2 rings (SSSR count). The minimum Gasteiger partial charge on any atom is -0.366 e. The normalized spacial score (nSPS) is 11.6. The number of anilines is 1. The summed E-state index contributed by atoms with van der Waals surface area (Å²) in [5.41, 5.74) is 1.44. The third-order valence-electron chi connectivity index (χ3n) is 3.20. The predicted octanol–water partition coefficient (Wildman–Crippen LogP) is 2.69. The van der Waals surface area contributed by atoms with Gasteiger partial charge in [-0.3, -0.25) is 14.8 Å². The molecule has 0 fully saturated rings. The van der Waals surface area contributed by atoms with Gasteiger partial charge in [-0.2, -0.15) is 5.10 Å². The van der Waals surface area contributed by atoms with Crippen LogP contribution in [0.4, 0.5) is 5.13 Å². The summed E-state index contributed by atoms with van der Waals surface area (Å²) in [5, 5.41) is 9.31. The molecular formula is C14H20N4O2S. The Balaban J connectivity index is 1.92. The van der Waals surface area contributed by atoms with E-state index in [0.29, 0.717) is 5.13 Å². The molecule has 114 valence electrons. The van der Waals surface area contributed by atoms with Crippen LogP contribution in [0, 0.1) is 0 Å². The molecule has 0 saturated carbocycles. The lowest BCUT2D eigenvalue weighted by Gasteiger charge is -2.22. The van der Waals surface area contributed by atoms with Crippen molar-refractivity contribution in [2.75, 3.05) is 11.9 Å². The lowest BCUT2D eigenvalue weighted by molar-refractivity contribution is -0.126. The van der Waals surface area contributed by atoms with Crippen LogP contribution in [0.5, 0.6) is 0 Å². The second kappa shape index (κ2) is 6.36. The maximum Gasteiger partial charge on any atom is 0.252 e. The average Bonchev–Trinajstić information content (AvgIpc) is 3.05. The Labute approximate surface area is 128 Å². The van der Waals surface area contributed by atoms with Gasteiger partial charge >= 0.3 is 0 Å². The summed E-state index contributed by atoms with van der Waals surface area (Å²) >= 11 is 1.39. The molecule has 0 saturated heterocycles. The van der Waals surface area contributed by atoms with Crippen molar-refractivity contribution in [2.24, 2.45) is 7.05 Å². The van der Waals surface area contributed by atoms with Crippen molar-refractivity contribution >= 4 is 22.4 Å². The summed E-state index contributed by atoms with van der Waals surface area (Å²) < 4.78 is 7.27. The summed E-state index contributed by atoms with van der Waals surface area (Å²) in [6.07, 6.45) is 4.48. The monoisotopic (exact) mass is 308 g/mol. The van der Waals surface area contributed by atoms with E-state index < -0.39 is 0 Å². The van der Waals surface area contributed by atoms with Crippen LogP contribution in [0.1, 0.15) is 27.2 Å². The first-order valence-corrected chi connectivity index (χ1v) is 7.66. The molecule has 0 radical (unpaired) electrons. The van der Waals surface area contributed by atoms with Crippen molar-refractivity contribution in [1.82, 2.24) is 14.8 Å². The highest BCUT2D eigenvalue weighted by molar-refractivity contribution is 7.14. The first-order valence-electron chi connectivity index (χ1n) is 6.78. The number of amides is 1. The molecule has 0 atom stereocenters. The number of aromatic nitrogens is 3. The molecule has 21 heavy (non-hydrogen) atoms. The van der Waals surface area contributed by atoms with Crippen LogP contribution in [-0.4, -0.2) is 32.9 Å². The quantitative estimate of drug-likeness (QED) is 0.891. The molecule has 0 spiro atoms. The Morgan fingerprint density at radius 3 is 2.90 bits per heavy atom. The third-order valence-corrected chi connectivity index (χ3v) is 3.95. The number of hydrogen-bond donors (Lipinski definition) is 1. The summed E-state index contributed by atoms with van der Waals surface area (Å²) in [6.45, 7) is 5.98. The van der Waals surface area contributed by atoms with Gasteiger partial charge in [-0.1, -0.05) is 6.92 Å². The van der Waals surface area contributed by atoms with Gasteiger partial charge in [0.05, 0.1) is 17.5 Å². The number of hydrogen-bond acceptors (Lipinski definition) is 5. The van der Waals surface area contributed by atoms with Gasteiger partial charge in [0.25, 0.3) is 5.91 Å². The van der Waals surface area contributed by atoms with Crippen LogP contribution < -0.4 is 5.32 Å². The summed E-state index contributed by atoms with van der Waals surface area (Å²) in [7, 11) is 1.85. The molecular weight excluding hydrogens is 288 g/mol. The zero-order valence-corrected chi connectivity index (χ0v) is 13.5. The topological polar surface area (TPSA) is 69.0 Å². The lowest BCUT2D eigenvalue weighted by atomic mass is 10.1. The van der Waals surface area contributed by atoms with E-state index in [9.17, 15) is 4.79 Å². The number of thiazole rings is 1. The molecule has 2 aromatic heterocycles. The maximum absolute atomic E-state index is 11.8. The van der Waals surface area contributed by atoms with Gasteiger partial charge in [0.2, 0.25) is 0 Å². The molecule has 0 bridgehead atoms. The number of carbonyl (C=O) groups is 1. The second-order valence-corrected chi connectivity index (χ2v) is 6.25. The molecule has 6 nitrogen and oxygen atoms in total. The zero-order chi connectivity index (χ0) is 15.5. The molecule has 0 aliphatic rings. The number of nitrogens with one attached hydrogen (secondary N) is 1. The van der Waals surface area contributed by atoms with Crippen molar-refractivity contribution in [3.05, 3.63) is 17.8 Å². The smallest absolute Gasteiger partial charge is 0.252 e. The summed E-state index contributed by atoms with van der Waals surface area (Å²) in [6, 6.07) is 0. The fraction of sp³-hybridized carbons (Fsp3) is 0.500. The first kappa shape index (κ1) is 15.7. The molecule has 1 N–H and O–H groups in total. The second-order valence-electron chi connectivity index (χ2n) is 5.39. The lowest BCUT2D eigenvalue weighted by Crippen LogP contribution is -2.29. The SMILES string of the molecule is CCC(C)(C)OCC(=O)Nc1nc(-c2cnn(C)c2)cs1. The van der Waals surface area contributed by atoms with Crippen molar-refractivity contribution in [2.45, 2.75) is 32.8 Å². The molecule has 7 heteroatoms. The highest BCUT2D eigenvalue weighted by atomic mass is 32.1. The van der Waals surface area contributed by atoms with E-state index in [2.05, 4.69) is 15.4 Å². The number of nitrogens with zero attached hydrogens (tertiary/aromatic N) is 3. The molecule has 2 heterocycles. The molecule has 0 aliphatic carbocycles. The van der Waals surface area contributed by atoms with E-state index in [1.54, 1.807) is 10.9 Å². The maximum atomic E-state index is 11.8.